The van der Waals surface area contributed by atoms with Gasteiger partial charge in [0.05, 0.1) is 0 Å². The van der Waals surface area contributed by atoms with E-state index in [4.69, 9.17) is 0 Å². The van der Waals surface area contributed by atoms with Crippen LogP contribution < -0.4 is 4.90 Å². The topological polar surface area (TPSA) is 95.3 Å². The van der Waals surface area contributed by atoms with Crippen molar-refractivity contribution in [1.29, 1.82) is 0 Å². The van der Waals surface area contributed by atoms with Gasteiger partial charge in [-0.15, -0.1) is 15.3 Å². The highest BCUT2D eigenvalue weighted by molar-refractivity contribution is 5.92. The number of anilines is 1. The zero-order chi connectivity index (χ0) is 19.0. The molecule has 1 amide bonds. The summed E-state index contributed by atoms with van der Waals surface area (Å²) in [5.74, 6) is 0.845. The van der Waals surface area contributed by atoms with E-state index in [1.807, 2.05) is 23.1 Å². The van der Waals surface area contributed by atoms with Gasteiger partial charge in [-0.2, -0.15) is 9.61 Å². The molecule has 0 atom stereocenters. The van der Waals surface area contributed by atoms with E-state index in [0.29, 0.717) is 18.8 Å². The molecule has 4 heterocycles. The van der Waals surface area contributed by atoms with Crippen LogP contribution in [0.2, 0.25) is 0 Å². The van der Waals surface area contributed by atoms with Crippen molar-refractivity contribution in [2.75, 3.05) is 31.1 Å². The minimum Gasteiger partial charge on any atom is -0.353 e. The molecule has 142 valence electrons. The van der Waals surface area contributed by atoms with E-state index in [2.05, 4.69) is 51.2 Å². The standard InChI is InChI=1S/C18H24N8O/c1-18(2,3)14-11-13(20-21-14)17(27)25-8-4-7-24(9-10-25)16-6-5-15-22-19-12-26(15)23-16/h5-6,11-12H,4,7-10H2,1-3H3,(H,20,21). The lowest BCUT2D eigenvalue weighted by Gasteiger charge is -2.22. The quantitative estimate of drug-likeness (QED) is 0.736. The molecule has 1 aliphatic heterocycles. The van der Waals surface area contributed by atoms with Crippen molar-refractivity contribution in [2.24, 2.45) is 0 Å². The summed E-state index contributed by atoms with van der Waals surface area (Å²) >= 11 is 0. The largest absolute Gasteiger partial charge is 0.353 e. The van der Waals surface area contributed by atoms with Crippen LogP contribution in [0.4, 0.5) is 5.82 Å². The molecule has 0 radical (unpaired) electrons. The molecule has 0 aliphatic carbocycles. The van der Waals surface area contributed by atoms with Crippen LogP contribution in [0.1, 0.15) is 43.4 Å². The number of carbonyl (C=O) groups excluding carboxylic acids is 1. The summed E-state index contributed by atoms with van der Waals surface area (Å²) in [6.45, 7) is 9.20. The fourth-order valence-corrected chi connectivity index (χ4v) is 3.21. The molecule has 1 N–H and O–H groups in total. The van der Waals surface area contributed by atoms with E-state index in [1.165, 1.54) is 0 Å². The van der Waals surface area contributed by atoms with Gasteiger partial charge in [0.1, 0.15) is 17.8 Å². The average molecular weight is 368 g/mol. The SMILES string of the molecule is CC(C)(C)c1cc(C(=O)N2CCCN(c3ccc4nncn4n3)CC2)n[nH]1. The summed E-state index contributed by atoms with van der Waals surface area (Å²) in [6.07, 6.45) is 2.47. The minimum absolute atomic E-state index is 0.0224. The highest BCUT2D eigenvalue weighted by Gasteiger charge is 2.25. The van der Waals surface area contributed by atoms with Crippen LogP contribution in [0.15, 0.2) is 24.5 Å². The Labute approximate surface area is 157 Å². The van der Waals surface area contributed by atoms with E-state index >= 15 is 0 Å². The van der Waals surface area contributed by atoms with Gasteiger partial charge in [0.15, 0.2) is 5.65 Å². The van der Waals surface area contributed by atoms with Gasteiger partial charge >= 0.3 is 0 Å². The molecule has 1 saturated heterocycles. The number of hydrogen-bond acceptors (Lipinski definition) is 6. The van der Waals surface area contributed by atoms with Gasteiger partial charge in [0.2, 0.25) is 0 Å². The Kier molecular flexibility index (Phi) is 4.29. The van der Waals surface area contributed by atoms with Gasteiger partial charge in [0.25, 0.3) is 5.91 Å². The number of aromatic amines is 1. The number of fused-ring (bicyclic) bond motifs is 1. The third-order valence-corrected chi connectivity index (χ3v) is 4.86. The molecule has 9 heteroatoms. The van der Waals surface area contributed by atoms with Crippen LogP contribution in [0.3, 0.4) is 0 Å². The van der Waals surface area contributed by atoms with Crippen LogP contribution in [-0.4, -0.2) is 67.0 Å². The Balaban J connectivity index is 1.46. The maximum Gasteiger partial charge on any atom is 0.274 e. The lowest BCUT2D eigenvalue weighted by molar-refractivity contribution is 0.0761. The second-order valence-electron chi connectivity index (χ2n) is 7.87. The first-order valence-electron chi connectivity index (χ1n) is 9.19. The van der Waals surface area contributed by atoms with Crippen molar-refractivity contribution >= 4 is 17.4 Å². The normalized spacial score (nSPS) is 16.0. The van der Waals surface area contributed by atoms with Crippen LogP contribution >= 0.6 is 0 Å². The fourth-order valence-electron chi connectivity index (χ4n) is 3.21. The summed E-state index contributed by atoms with van der Waals surface area (Å²) in [5, 5.41) is 19.6. The van der Waals surface area contributed by atoms with Gasteiger partial charge in [-0.1, -0.05) is 20.8 Å². The first-order valence-corrected chi connectivity index (χ1v) is 9.19. The minimum atomic E-state index is -0.0619. The number of nitrogens with zero attached hydrogens (tertiary/aromatic N) is 7. The van der Waals surface area contributed by atoms with Gasteiger partial charge < -0.3 is 9.80 Å². The highest BCUT2D eigenvalue weighted by atomic mass is 16.2. The maximum atomic E-state index is 12.9. The van der Waals surface area contributed by atoms with Crippen molar-refractivity contribution in [3.63, 3.8) is 0 Å². The molecule has 0 bridgehead atoms. The number of hydrogen-bond donors (Lipinski definition) is 1. The van der Waals surface area contributed by atoms with Gasteiger partial charge in [-0.3, -0.25) is 9.89 Å². The average Bonchev–Trinajstić information content (AvgIpc) is 3.24. The number of H-pyrrole nitrogens is 1. The number of aromatic nitrogens is 6. The fraction of sp³-hybridized carbons (Fsp3) is 0.500. The van der Waals surface area contributed by atoms with Gasteiger partial charge in [-0.05, 0) is 24.6 Å². The summed E-state index contributed by atoms with van der Waals surface area (Å²) in [4.78, 5) is 16.9. The van der Waals surface area contributed by atoms with Crippen molar-refractivity contribution in [3.8, 4) is 0 Å². The molecule has 9 nitrogen and oxygen atoms in total. The molecule has 0 saturated carbocycles. The van der Waals surface area contributed by atoms with Crippen molar-refractivity contribution in [1.82, 2.24) is 34.9 Å². The van der Waals surface area contributed by atoms with Crippen LogP contribution in [0.25, 0.3) is 5.65 Å². The summed E-state index contributed by atoms with van der Waals surface area (Å²) in [6, 6.07) is 5.72. The Morgan fingerprint density at radius 1 is 1.15 bits per heavy atom. The Bertz CT molecular complexity index is 954. The summed E-state index contributed by atoms with van der Waals surface area (Å²) < 4.78 is 1.67. The van der Waals surface area contributed by atoms with Crippen molar-refractivity contribution < 1.29 is 4.79 Å². The molecule has 27 heavy (non-hydrogen) atoms. The molecule has 1 fully saturated rings. The molecule has 3 aromatic rings. The predicted molar refractivity (Wildman–Crippen MR) is 101 cm³/mol. The van der Waals surface area contributed by atoms with E-state index < -0.39 is 0 Å². The molecular weight excluding hydrogens is 344 g/mol. The number of carbonyl (C=O) groups is 1. The van der Waals surface area contributed by atoms with Gasteiger partial charge in [0, 0.05) is 37.3 Å². The predicted octanol–water partition coefficient (Wildman–Crippen LogP) is 1.50. The number of rotatable bonds is 2. The first-order chi connectivity index (χ1) is 12.9. The molecular formula is C18H24N8O. The third-order valence-electron chi connectivity index (χ3n) is 4.86. The smallest absolute Gasteiger partial charge is 0.274 e. The van der Waals surface area contributed by atoms with Crippen LogP contribution in [0, 0.1) is 0 Å². The molecule has 0 spiro atoms. The molecule has 0 unspecified atom stereocenters. The zero-order valence-electron chi connectivity index (χ0n) is 15.9. The molecule has 3 aromatic heterocycles. The number of nitrogens with one attached hydrogen (secondary N) is 1. The molecule has 4 rings (SSSR count). The van der Waals surface area contributed by atoms with E-state index in [9.17, 15) is 4.79 Å². The van der Waals surface area contributed by atoms with Crippen molar-refractivity contribution in [3.05, 3.63) is 35.9 Å². The second-order valence-corrected chi connectivity index (χ2v) is 7.87. The zero-order valence-corrected chi connectivity index (χ0v) is 15.9. The second kappa shape index (κ2) is 6.64. The first kappa shape index (κ1) is 17.4. The maximum absolute atomic E-state index is 12.9. The summed E-state index contributed by atoms with van der Waals surface area (Å²) in [5.41, 5.74) is 2.11. The van der Waals surface area contributed by atoms with E-state index in [1.54, 1.807) is 10.8 Å². The van der Waals surface area contributed by atoms with Gasteiger partial charge in [-0.25, -0.2) is 0 Å². The van der Waals surface area contributed by atoms with Crippen LogP contribution in [-0.2, 0) is 5.41 Å². The molecule has 1 aliphatic rings. The highest BCUT2D eigenvalue weighted by Crippen LogP contribution is 2.21. The van der Waals surface area contributed by atoms with E-state index in [-0.39, 0.29) is 11.3 Å². The van der Waals surface area contributed by atoms with Crippen LogP contribution in [0.5, 0.6) is 0 Å². The summed E-state index contributed by atoms with van der Waals surface area (Å²) in [7, 11) is 0. The Morgan fingerprint density at radius 3 is 2.78 bits per heavy atom. The number of amides is 1. The Hall–Kier alpha value is -2.97. The lowest BCUT2D eigenvalue weighted by Crippen LogP contribution is -2.35. The van der Waals surface area contributed by atoms with E-state index in [0.717, 1.165) is 36.7 Å². The lowest BCUT2D eigenvalue weighted by atomic mass is 9.92. The molecule has 0 aromatic carbocycles. The van der Waals surface area contributed by atoms with Crippen molar-refractivity contribution in [2.45, 2.75) is 32.6 Å². The Morgan fingerprint density at radius 2 is 2.00 bits per heavy atom. The third kappa shape index (κ3) is 3.49. The monoisotopic (exact) mass is 368 g/mol.